The fraction of sp³-hybridized carbons (Fsp3) is 0.250. The average molecular weight is 348 g/mol. The molecule has 0 saturated heterocycles. The molecule has 1 unspecified atom stereocenters. The number of hydrogen-bond acceptors (Lipinski definition) is 4. The smallest absolute Gasteiger partial charge is 0.227 e. The molecular formula is C20H20N4O2. The molecule has 26 heavy (non-hydrogen) atoms. The van der Waals surface area contributed by atoms with Crippen molar-refractivity contribution in [2.45, 2.75) is 18.9 Å². The number of benzene rings is 2. The van der Waals surface area contributed by atoms with Gasteiger partial charge in [-0.1, -0.05) is 36.4 Å². The van der Waals surface area contributed by atoms with Gasteiger partial charge in [0.15, 0.2) is 0 Å². The number of hydrogen-bond donors (Lipinski definition) is 1. The Kier molecular flexibility index (Phi) is 4.50. The van der Waals surface area contributed by atoms with E-state index in [-0.39, 0.29) is 18.6 Å². The molecule has 1 amide bonds. The van der Waals surface area contributed by atoms with Crippen molar-refractivity contribution in [3.63, 3.8) is 0 Å². The molecule has 2 heterocycles. The minimum absolute atomic E-state index is 0.0376. The number of nitrogens with zero attached hydrogens (tertiary/aromatic N) is 4. The minimum atomic E-state index is -0.260. The van der Waals surface area contributed by atoms with Crippen LogP contribution >= 0.6 is 0 Å². The van der Waals surface area contributed by atoms with Gasteiger partial charge >= 0.3 is 0 Å². The maximum atomic E-state index is 12.8. The van der Waals surface area contributed by atoms with Gasteiger partial charge in [-0.05, 0) is 35.2 Å². The third-order valence-electron chi connectivity index (χ3n) is 4.91. The Labute approximate surface area is 151 Å². The van der Waals surface area contributed by atoms with Crippen LogP contribution in [0.2, 0.25) is 0 Å². The number of aromatic nitrogens is 3. The van der Waals surface area contributed by atoms with E-state index in [1.807, 2.05) is 47.0 Å². The second kappa shape index (κ2) is 7.09. The van der Waals surface area contributed by atoms with Crippen molar-refractivity contribution in [1.29, 1.82) is 0 Å². The molecule has 1 aliphatic rings. The number of amides is 1. The summed E-state index contributed by atoms with van der Waals surface area (Å²) >= 11 is 0. The van der Waals surface area contributed by atoms with Crippen molar-refractivity contribution in [1.82, 2.24) is 19.7 Å². The molecule has 1 N–H and O–H groups in total. The average Bonchev–Trinajstić information content (AvgIpc) is 3.22. The Hall–Kier alpha value is -2.99. The van der Waals surface area contributed by atoms with Gasteiger partial charge in [0.2, 0.25) is 5.91 Å². The van der Waals surface area contributed by atoms with E-state index >= 15 is 0 Å². The maximum Gasteiger partial charge on any atom is 0.227 e. The SMILES string of the molecule is O=C(Cc1ccc(-n2cnnc2)cc1)N1CCc2ccccc2C1CO. The first-order chi connectivity index (χ1) is 12.8. The topological polar surface area (TPSA) is 71.2 Å². The second-order valence-electron chi connectivity index (χ2n) is 6.45. The fourth-order valence-electron chi connectivity index (χ4n) is 3.54. The zero-order valence-corrected chi connectivity index (χ0v) is 14.3. The molecule has 1 aromatic heterocycles. The molecule has 0 aliphatic carbocycles. The third kappa shape index (κ3) is 3.11. The summed E-state index contributed by atoms with van der Waals surface area (Å²) in [4.78, 5) is 14.7. The number of rotatable bonds is 4. The highest BCUT2D eigenvalue weighted by Gasteiger charge is 2.29. The number of carbonyl (C=O) groups is 1. The highest BCUT2D eigenvalue weighted by molar-refractivity contribution is 5.79. The van der Waals surface area contributed by atoms with Crippen LogP contribution in [0.25, 0.3) is 5.69 Å². The summed E-state index contributed by atoms with van der Waals surface area (Å²) in [6, 6.07) is 15.6. The van der Waals surface area contributed by atoms with Gasteiger partial charge in [0.05, 0.1) is 19.1 Å². The molecule has 3 aromatic rings. The largest absolute Gasteiger partial charge is 0.394 e. The van der Waals surface area contributed by atoms with Crippen LogP contribution in [0.15, 0.2) is 61.2 Å². The highest BCUT2D eigenvalue weighted by atomic mass is 16.3. The van der Waals surface area contributed by atoms with E-state index in [9.17, 15) is 9.90 Å². The van der Waals surface area contributed by atoms with Crippen LogP contribution < -0.4 is 0 Å². The lowest BCUT2D eigenvalue weighted by Crippen LogP contribution is -2.42. The first-order valence-corrected chi connectivity index (χ1v) is 8.68. The zero-order chi connectivity index (χ0) is 17.9. The van der Waals surface area contributed by atoms with Crippen LogP contribution in [0, 0.1) is 0 Å². The van der Waals surface area contributed by atoms with Crippen LogP contribution in [0.5, 0.6) is 0 Å². The van der Waals surface area contributed by atoms with Crippen LogP contribution in [-0.4, -0.2) is 43.8 Å². The van der Waals surface area contributed by atoms with E-state index in [0.29, 0.717) is 13.0 Å². The van der Waals surface area contributed by atoms with Gasteiger partial charge in [-0.25, -0.2) is 0 Å². The molecule has 0 spiro atoms. The molecule has 4 rings (SSSR count). The van der Waals surface area contributed by atoms with Crippen molar-refractivity contribution < 1.29 is 9.90 Å². The van der Waals surface area contributed by atoms with Crippen molar-refractivity contribution in [3.8, 4) is 5.69 Å². The Morgan fingerprint density at radius 2 is 1.81 bits per heavy atom. The summed E-state index contributed by atoms with van der Waals surface area (Å²) in [7, 11) is 0. The second-order valence-corrected chi connectivity index (χ2v) is 6.45. The van der Waals surface area contributed by atoms with E-state index < -0.39 is 0 Å². The van der Waals surface area contributed by atoms with Gasteiger partial charge in [0, 0.05) is 12.2 Å². The molecular weight excluding hydrogens is 328 g/mol. The lowest BCUT2D eigenvalue weighted by atomic mass is 9.92. The number of aliphatic hydroxyl groups excluding tert-OH is 1. The molecule has 0 radical (unpaired) electrons. The molecule has 1 atom stereocenters. The Morgan fingerprint density at radius 3 is 2.54 bits per heavy atom. The van der Waals surface area contributed by atoms with E-state index in [1.165, 1.54) is 5.56 Å². The molecule has 0 saturated carbocycles. The lowest BCUT2D eigenvalue weighted by molar-refractivity contribution is -0.134. The molecule has 1 aliphatic heterocycles. The van der Waals surface area contributed by atoms with E-state index in [2.05, 4.69) is 16.3 Å². The Balaban J connectivity index is 1.49. The quantitative estimate of drug-likeness (QED) is 0.782. The van der Waals surface area contributed by atoms with Crippen LogP contribution in [0.3, 0.4) is 0 Å². The predicted octanol–water partition coefficient (Wildman–Crippen LogP) is 1.93. The van der Waals surface area contributed by atoms with Gasteiger partial charge in [0.1, 0.15) is 12.7 Å². The first-order valence-electron chi connectivity index (χ1n) is 8.68. The monoisotopic (exact) mass is 348 g/mol. The molecule has 0 fully saturated rings. The molecule has 2 aromatic carbocycles. The Bertz CT molecular complexity index is 890. The standard InChI is InChI=1S/C20H20N4O2/c25-12-19-18-4-2-1-3-16(18)9-10-24(19)20(26)11-15-5-7-17(8-6-15)23-13-21-22-14-23/h1-8,13-14,19,25H,9-12H2. The summed E-state index contributed by atoms with van der Waals surface area (Å²) in [6.07, 6.45) is 4.42. The summed E-state index contributed by atoms with van der Waals surface area (Å²) in [5.41, 5.74) is 4.17. The minimum Gasteiger partial charge on any atom is -0.394 e. The van der Waals surface area contributed by atoms with Crippen molar-refractivity contribution in [3.05, 3.63) is 77.9 Å². The first kappa shape index (κ1) is 16.5. The van der Waals surface area contributed by atoms with Gasteiger partial charge in [-0.15, -0.1) is 10.2 Å². The fourth-order valence-corrected chi connectivity index (χ4v) is 3.54. The van der Waals surface area contributed by atoms with Crippen molar-refractivity contribution in [2.75, 3.05) is 13.2 Å². The molecule has 6 nitrogen and oxygen atoms in total. The zero-order valence-electron chi connectivity index (χ0n) is 14.3. The van der Waals surface area contributed by atoms with Gasteiger partial charge < -0.3 is 10.0 Å². The number of aliphatic hydroxyl groups is 1. The van der Waals surface area contributed by atoms with Crippen LogP contribution in [0.4, 0.5) is 0 Å². The molecule has 6 heteroatoms. The molecule has 132 valence electrons. The summed E-state index contributed by atoms with van der Waals surface area (Å²) < 4.78 is 1.81. The van der Waals surface area contributed by atoms with Crippen molar-refractivity contribution in [2.24, 2.45) is 0 Å². The lowest BCUT2D eigenvalue weighted by Gasteiger charge is -2.36. The molecule has 0 bridgehead atoms. The van der Waals surface area contributed by atoms with Gasteiger partial charge in [0.25, 0.3) is 0 Å². The predicted molar refractivity (Wildman–Crippen MR) is 96.7 cm³/mol. The van der Waals surface area contributed by atoms with Gasteiger partial charge in [-0.2, -0.15) is 0 Å². The van der Waals surface area contributed by atoms with Crippen molar-refractivity contribution >= 4 is 5.91 Å². The van der Waals surface area contributed by atoms with E-state index in [1.54, 1.807) is 17.6 Å². The van der Waals surface area contributed by atoms with Crippen LogP contribution in [0.1, 0.15) is 22.7 Å². The van der Waals surface area contributed by atoms with Crippen LogP contribution in [-0.2, 0) is 17.6 Å². The summed E-state index contributed by atoms with van der Waals surface area (Å²) in [6.45, 7) is 0.579. The van der Waals surface area contributed by atoms with E-state index in [4.69, 9.17) is 0 Å². The highest BCUT2D eigenvalue weighted by Crippen LogP contribution is 2.29. The maximum absolute atomic E-state index is 12.8. The number of fused-ring (bicyclic) bond motifs is 1. The van der Waals surface area contributed by atoms with Gasteiger partial charge in [-0.3, -0.25) is 9.36 Å². The number of carbonyl (C=O) groups excluding carboxylic acids is 1. The third-order valence-corrected chi connectivity index (χ3v) is 4.91. The summed E-state index contributed by atoms with van der Waals surface area (Å²) in [5, 5.41) is 17.4. The summed E-state index contributed by atoms with van der Waals surface area (Å²) in [5.74, 6) is 0.0376. The van der Waals surface area contributed by atoms with E-state index in [0.717, 1.165) is 23.2 Å². The Morgan fingerprint density at radius 1 is 1.08 bits per heavy atom. The normalized spacial score (nSPS) is 16.3.